The summed E-state index contributed by atoms with van der Waals surface area (Å²) in [5, 5.41) is 3.85. The Labute approximate surface area is 131 Å². The number of nitrogens with one attached hydrogen (secondary N) is 1. The molecule has 20 heavy (non-hydrogen) atoms. The van der Waals surface area contributed by atoms with E-state index in [1.165, 1.54) is 17.4 Å². The summed E-state index contributed by atoms with van der Waals surface area (Å²) >= 11 is 4.83. The van der Waals surface area contributed by atoms with Gasteiger partial charge in [0, 0.05) is 16.2 Å². The second-order valence-corrected chi connectivity index (χ2v) is 7.86. The average molecular weight is 375 g/mol. The normalized spacial score (nSPS) is 13.3. The van der Waals surface area contributed by atoms with Gasteiger partial charge >= 0.3 is 0 Å². The van der Waals surface area contributed by atoms with Crippen LogP contribution in [-0.4, -0.2) is 8.42 Å². The van der Waals surface area contributed by atoms with Crippen LogP contribution in [0.2, 0.25) is 0 Å². The predicted molar refractivity (Wildman–Crippen MR) is 86.3 cm³/mol. The van der Waals surface area contributed by atoms with Crippen LogP contribution in [0.15, 0.2) is 38.3 Å². The van der Waals surface area contributed by atoms with Crippen LogP contribution in [0.25, 0.3) is 0 Å². The molecule has 0 saturated carbocycles. The quantitative estimate of drug-likeness (QED) is 0.805. The minimum atomic E-state index is -3.60. The lowest BCUT2D eigenvalue weighted by Gasteiger charge is -2.15. The van der Waals surface area contributed by atoms with Crippen molar-refractivity contribution in [3.63, 3.8) is 0 Å². The van der Waals surface area contributed by atoms with Crippen molar-refractivity contribution >= 4 is 43.0 Å². The summed E-state index contributed by atoms with van der Waals surface area (Å²) in [7, 11) is -3.60. The minimum Gasteiger partial charge on any atom is -0.398 e. The molecule has 0 amide bonds. The number of halogens is 1. The van der Waals surface area contributed by atoms with Gasteiger partial charge in [0.15, 0.2) is 0 Å². The molecule has 0 aliphatic rings. The van der Waals surface area contributed by atoms with E-state index < -0.39 is 10.0 Å². The Kier molecular flexibility index (Phi) is 4.53. The van der Waals surface area contributed by atoms with Gasteiger partial charge in [0.05, 0.1) is 4.90 Å². The lowest BCUT2D eigenvalue weighted by Crippen LogP contribution is -2.27. The first-order valence-electron chi connectivity index (χ1n) is 5.91. The van der Waals surface area contributed by atoms with Gasteiger partial charge in [-0.15, -0.1) is 0 Å². The van der Waals surface area contributed by atoms with Crippen molar-refractivity contribution in [3.8, 4) is 0 Å². The molecule has 0 aliphatic heterocycles. The highest BCUT2D eigenvalue weighted by molar-refractivity contribution is 9.10. The van der Waals surface area contributed by atoms with Crippen molar-refractivity contribution in [3.05, 3.63) is 44.6 Å². The maximum atomic E-state index is 12.4. The minimum absolute atomic E-state index is 0.209. The van der Waals surface area contributed by atoms with Crippen LogP contribution in [0.1, 0.15) is 24.1 Å². The van der Waals surface area contributed by atoms with Gasteiger partial charge in [0.1, 0.15) is 0 Å². The van der Waals surface area contributed by atoms with Crippen molar-refractivity contribution < 1.29 is 8.42 Å². The highest BCUT2D eigenvalue weighted by Gasteiger charge is 2.21. The number of nitrogens with two attached hydrogens (primary N) is 1. The number of rotatable bonds is 4. The molecule has 1 aromatic heterocycles. The van der Waals surface area contributed by atoms with Crippen LogP contribution in [0.5, 0.6) is 0 Å². The zero-order chi connectivity index (χ0) is 14.9. The summed E-state index contributed by atoms with van der Waals surface area (Å²) in [5.41, 5.74) is 7.77. The predicted octanol–water partition coefficient (Wildman–Crippen LogP) is 3.44. The summed E-state index contributed by atoms with van der Waals surface area (Å²) < 4.78 is 28.3. The third-order valence-electron chi connectivity index (χ3n) is 2.96. The van der Waals surface area contributed by atoms with E-state index in [1.807, 2.05) is 23.8 Å². The smallest absolute Gasteiger partial charge is 0.241 e. The van der Waals surface area contributed by atoms with E-state index in [-0.39, 0.29) is 10.9 Å². The van der Waals surface area contributed by atoms with Gasteiger partial charge in [-0.3, -0.25) is 0 Å². The van der Waals surface area contributed by atoms with E-state index in [1.54, 1.807) is 13.0 Å². The summed E-state index contributed by atoms with van der Waals surface area (Å²) in [6.07, 6.45) is 0. The van der Waals surface area contributed by atoms with Gasteiger partial charge in [-0.25, -0.2) is 13.1 Å². The van der Waals surface area contributed by atoms with Gasteiger partial charge in [0.2, 0.25) is 10.0 Å². The number of sulfonamides is 1. The Balaban J connectivity index is 2.34. The summed E-state index contributed by atoms with van der Waals surface area (Å²) in [4.78, 5) is 0.209. The summed E-state index contributed by atoms with van der Waals surface area (Å²) in [6, 6.07) is 4.80. The van der Waals surface area contributed by atoms with E-state index in [2.05, 4.69) is 20.7 Å². The van der Waals surface area contributed by atoms with Crippen molar-refractivity contribution in [2.75, 3.05) is 5.73 Å². The first-order valence-corrected chi connectivity index (χ1v) is 9.13. The average Bonchev–Trinajstić information content (AvgIpc) is 2.86. The fraction of sp³-hybridized carbons (Fsp3) is 0.231. The number of aryl methyl sites for hydroxylation is 1. The third-order valence-corrected chi connectivity index (χ3v) is 6.03. The molecule has 0 saturated heterocycles. The monoisotopic (exact) mass is 374 g/mol. The lowest BCUT2D eigenvalue weighted by molar-refractivity contribution is 0.566. The molecule has 108 valence electrons. The largest absolute Gasteiger partial charge is 0.398 e. The Morgan fingerprint density at radius 2 is 2.10 bits per heavy atom. The zero-order valence-corrected chi connectivity index (χ0v) is 14.3. The van der Waals surface area contributed by atoms with Gasteiger partial charge < -0.3 is 5.73 Å². The van der Waals surface area contributed by atoms with E-state index in [0.717, 1.165) is 5.56 Å². The number of anilines is 1. The van der Waals surface area contributed by atoms with Crippen molar-refractivity contribution in [2.45, 2.75) is 24.8 Å². The van der Waals surface area contributed by atoms with Gasteiger partial charge in [0.25, 0.3) is 0 Å². The maximum absolute atomic E-state index is 12.4. The van der Waals surface area contributed by atoms with Crippen LogP contribution in [0.4, 0.5) is 5.69 Å². The Morgan fingerprint density at radius 3 is 2.70 bits per heavy atom. The first-order chi connectivity index (χ1) is 9.31. The van der Waals surface area contributed by atoms with Crippen LogP contribution in [0, 0.1) is 6.92 Å². The number of benzene rings is 1. The molecule has 3 N–H and O–H groups in total. The molecule has 7 heteroatoms. The molecule has 1 atom stereocenters. The lowest BCUT2D eigenvalue weighted by atomic mass is 10.2. The molecule has 0 spiro atoms. The fourth-order valence-electron chi connectivity index (χ4n) is 1.84. The van der Waals surface area contributed by atoms with E-state index in [0.29, 0.717) is 15.7 Å². The number of nitrogen functional groups attached to an aromatic ring is 1. The highest BCUT2D eigenvalue weighted by Crippen LogP contribution is 2.27. The van der Waals surface area contributed by atoms with E-state index >= 15 is 0 Å². The molecule has 1 unspecified atom stereocenters. The molecule has 0 fully saturated rings. The van der Waals surface area contributed by atoms with Gasteiger partial charge in [-0.05, 0) is 69.9 Å². The Morgan fingerprint density at radius 1 is 1.40 bits per heavy atom. The Hall–Kier alpha value is -0.890. The molecule has 4 nitrogen and oxygen atoms in total. The maximum Gasteiger partial charge on any atom is 0.241 e. The third kappa shape index (κ3) is 3.22. The molecular weight excluding hydrogens is 360 g/mol. The van der Waals surface area contributed by atoms with Crippen molar-refractivity contribution in [1.29, 1.82) is 0 Å². The SMILES string of the molecule is Cc1cc(Br)c(N)cc1S(=O)(=O)NC(C)c1ccsc1. The van der Waals surface area contributed by atoms with Crippen LogP contribution >= 0.6 is 27.3 Å². The van der Waals surface area contributed by atoms with Crippen molar-refractivity contribution in [2.24, 2.45) is 0 Å². The number of thiophene rings is 1. The molecule has 1 aromatic carbocycles. The second kappa shape index (κ2) is 5.85. The molecule has 2 aromatic rings. The topological polar surface area (TPSA) is 72.2 Å². The summed E-state index contributed by atoms with van der Waals surface area (Å²) in [6.45, 7) is 3.56. The molecular formula is C13H15BrN2O2S2. The van der Waals surface area contributed by atoms with Crippen molar-refractivity contribution in [1.82, 2.24) is 4.72 Å². The van der Waals surface area contributed by atoms with E-state index in [9.17, 15) is 8.42 Å². The second-order valence-electron chi connectivity index (χ2n) is 4.54. The van der Waals surface area contributed by atoms with E-state index in [4.69, 9.17) is 5.73 Å². The summed E-state index contributed by atoms with van der Waals surface area (Å²) in [5.74, 6) is 0. The van der Waals surface area contributed by atoms with Crippen LogP contribution in [-0.2, 0) is 10.0 Å². The number of hydrogen-bond donors (Lipinski definition) is 2. The highest BCUT2D eigenvalue weighted by atomic mass is 79.9. The Bertz CT molecular complexity index is 712. The first kappa shape index (κ1) is 15.5. The standard InChI is InChI=1S/C13H15BrN2O2S2/c1-8-5-11(14)12(15)6-13(8)20(17,18)16-9(2)10-3-4-19-7-10/h3-7,9,16H,15H2,1-2H3. The number of hydrogen-bond acceptors (Lipinski definition) is 4. The van der Waals surface area contributed by atoms with Crippen LogP contribution in [0.3, 0.4) is 0 Å². The molecule has 0 aliphatic carbocycles. The molecule has 0 radical (unpaired) electrons. The van der Waals surface area contributed by atoms with Gasteiger partial charge in [-0.1, -0.05) is 0 Å². The molecule has 0 bridgehead atoms. The fourth-order valence-corrected chi connectivity index (χ4v) is 4.55. The van der Waals surface area contributed by atoms with Gasteiger partial charge in [-0.2, -0.15) is 11.3 Å². The molecule has 1 heterocycles. The molecule has 2 rings (SSSR count). The van der Waals surface area contributed by atoms with Crippen LogP contribution < -0.4 is 10.5 Å². The zero-order valence-electron chi connectivity index (χ0n) is 11.1.